The molecule has 0 aromatic carbocycles. The van der Waals surface area contributed by atoms with Crippen molar-refractivity contribution in [2.45, 2.75) is 26.9 Å². The van der Waals surface area contributed by atoms with Gasteiger partial charge in [0.2, 0.25) is 5.91 Å². The Labute approximate surface area is 135 Å². The highest BCUT2D eigenvalue weighted by Crippen LogP contribution is 2.11. The van der Waals surface area contributed by atoms with Crippen molar-refractivity contribution < 1.29 is 4.79 Å². The van der Waals surface area contributed by atoms with Crippen LogP contribution in [0.25, 0.3) is 0 Å². The van der Waals surface area contributed by atoms with Crippen molar-refractivity contribution >= 4 is 23.3 Å². The molecule has 0 fully saturated rings. The predicted octanol–water partition coefficient (Wildman–Crippen LogP) is 2.33. The number of carbonyl (C=O) groups excluding carboxylic acids is 1. The summed E-state index contributed by atoms with van der Waals surface area (Å²) >= 11 is 5.76. The number of rotatable bonds is 6. The molecule has 2 aromatic heterocycles. The third-order valence-corrected chi connectivity index (χ3v) is 3.58. The molecule has 7 heteroatoms. The highest BCUT2D eigenvalue weighted by atomic mass is 35.5. The number of hydrogen-bond acceptors (Lipinski definition) is 4. The van der Waals surface area contributed by atoms with Crippen molar-refractivity contribution in [2.75, 3.05) is 18.9 Å². The van der Waals surface area contributed by atoms with E-state index in [1.165, 1.54) is 6.20 Å². The van der Waals surface area contributed by atoms with E-state index in [0.717, 1.165) is 17.8 Å². The van der Waals surface area contributed by atoms with Gasteiger partial charge < -0.3 is 5.32 Å². The molecule has 2 rings (SSSR count). The van der Waals surface area contributed by atoms with Crippen LogP contribution in [0.5, 0.6) is 0 Å². The molecule has 22 heavy (non-hydrogen) atoms. The second kappa shape index (κ2) is 7.38. The van der Waals surface area contributed by atoms with Gasteiger partial charge in [0.1, 0.15) is 5.82 Å². The quantitative estimate of drug-likeness (QED) is 0.887. The number of carbonyl (C=O) groups is 1. The van der Waals surface area contributed by atoms with Crippen molar-refractivity contribution in [1.82, 2.24) is 19.7 Å². The Kier molecular flexibility index (Phi) is 5.51. The van der Waals surface area contributed by atoms with Crippen molar-refractivity contribution in [3.63, 3.8) is 0 Å². The summed E-state index contributed by atoms with van der Waals surface area (Å²) in [5.74, 6) is 0.385. The highest BCUT2D eigenvalue weighted by Gasteiger charge is 2.11. The van der Waals surface area contributed by atoms with Gasteiger partial charge in [-0.1, -0.05) is 11.6 Å². The van der Waals surface area contributed by atoms with Gasteiger partial charge in [-0.25, -0.2) is 4.98 Å². The van der Waals surface area contributed by atoms with E-state index in [9.17, 15) is 4.79 Å². The fraction of sp³-hybridized carbons (Fsp3) is 0.400. The van der Waals surface area contributed by atoms with E-state index < -0.39 is 0 Å². The fourth-order valence-electron chi connectivity index (χ4n) is 2.18. The van der Waals surface area contributed by atoms with Crippen LogP contribution in [0.1, 0.15) is 18.2 Å². The Hall–Kier alpha value is -1.92. The predicted molar refractivity (Wildman–Crippen MR) is 86.8 cm³/mol. The lowest BCUT2D eigenvalue weighted by atomic mass is 10.2. The van der Waals surface area contributed by atoms with Gasteiger partial charge in [0.15, 0.2) is 0 Å². The lowest BCUT2D eigenvalue weighted by Crippen LogP contribution is -2.30. The largest absolute Gasteiger partial charge is 0.310 e. The maximum Gasteiger partial charge on any atom is 0.239 e. The standard InChI is InChI=1S/C15H20ClN5O/c1-4-21-11(2)12(7-18-21)9-20(3)10-15(22)19-14-6-5-13(16)8-17-14/h5-8H,4,9-10H2,1-3H3,(H,17,19,22). The summed E-state index contributed by atoms with van der Waals surface area (Å²) in [7, 11) is 1.90. The summed E-state index contributed by atoms with van der Waals surface area (Å²) in [4.78, 5) is 18.0. The van der Waals surface area contributed by atoms with Gasteiger partial charge >= 0.3 is 0 Å². The van der Waals surface area contributed by atoms with Crippen LogP contribution in [-0.4, -0.2) is 39.2 Å². The van der Waals surface area contributed by atoms with Gasteiger partial charge in [0, 0.05) is 30.5 Å². The molecule has 118 valence electrons. The summed E-state index contributed by atoms with van der Waals surface area (Å²) in [6.45, 7) is 5.89. The Morgan fingerprint density at radius 2 is 2.18 bits per heavy atom. The molecule has 2 heterocycles. The van der Waals surface area contributed by atoms with E-state index in [-0.39, 0.29) is 12.5 Å². The van der Waals surface area contributed by atoms with Crippen LogP contribution in [0.4, 0.5) is 5.82 Å². The number of nitrogens with one attached hydrogen (secondary N) is 1. The van der Waals surface area contributed by atoms with Crippen LogP contribution >= 0.6 is 11.6 Å². The molecule has 6 nitrogen and oxygen atoms in total. The van der Waals surface area contributed by atoms with Gasteiger partial charge in [-0.2, -0.15) is 5.10 Å². The van der Waals surface area contributed by atoms with Gasteiger partial charge in [0.05, 0.1) is 17.8 Å². The normalized spacial score (nSPS) is 11.0. The molecule has 0 aliphatic heterocycles. The van der Waals surface area contributed by atoms with Crippen LogP contribution < -0.4 is 5.32 Å². The molecule has 0 unspecified atom stereocenters. The number of pyridine rings is 1. The zero-order valence-corrected chi connectivity index (χ0v) is 13.8. The average molecular weight is 322 g/mol. The van der Waals surface area contributed by atoms with Crippen LogP contribution in [0.2, 0.25) is 5.02 Å². The molecule has 2 aromatic rings. The number of aromatic nitrogens is 3. The second-order valence-corrected chi connectivity index (χ2v) is 5.59. The molecule has 0 spiro atoms. The monoisotopic (exact) mass is 321 g/mol. The van der Waals surface area contributed by atoms with Crippen molar-refractivity contribution in [2.24, 2.45) is 0 Å². The minimum atomic E-state index is -0.113. The number of likely N-dealkylation sites (N-methyl/N-ethyl adjacent to an activating group) is 1. The number of aryl methyl sites for hydroxylation is 1. The molecular formula is C15H20ClN5O. The smallest absolute Gasteiger partial charge is 0.239 e. The maximum atomic E-state index is 12.0. The molecule has 0 saturated heterocycles. The van der Waals surface area contributed by atoms with Crippen LogP contribution in [0.3, 0.4) is 0 Å². The molecule has 0 radical (unpaired) electrons. The summed E-state index contributed by atoms with van der Waals surface area (Å²) in [5, 5.41) is 7.60. The van der Waals surface area contributed by atoms with Crippen LogP contribution in [-0.2, 0) is 17.9 Å². The number of hydrogen-bond donors (Lipinski definition) is 1. The van der Waals surface area contributed by atoms with Crippen molar-refractivity contribution in [1.29, 1.82) is 0 Å². The molecule has 0 atom stereocenters. The first-order valence-electron chi connectivity index (χ1n) is 7.10. The Morgan fingerprint density at radius 3 is 2.77 bits per heavy atom. The highest BCUT2D eigenvalue weighted by molar-refractivity contribution is 6.30. The van der Waals surface area contributed by atoms with E-state index >= 15 is 0 Å². The molecule has 1 amide bonds. The van der Waals surface area contributed by atoms with Gasteiger partial charge in [-0.05, 0) is 33.0 Å². The summed E-state index contributed by atoms with van der Waals surface area (Å²) in [5.41, 5.74) is 2.26. The zero-order chi connectivity index (χ0) is 16.1. The SMILES string of the molecule is CCn1ncc(CN(C)CC(=O)Nc2ccc(Cl)cn2)c1C. The average Bonchev–Trinajstić information content (AvgIpc) is 2.82. The second-order valence-electron chi connectivity index (χ2n) is 5.15. The van der Waals surface area contributed by atoms with E-state index in [2.05, 4.69) is 22.3 Å². The minimum absolute atomic E-state index is 0.113. The maximum absolute atomic E-state index is 12.0. The lowest BCUT2D eigenvalue weighted by Gasteiger charge is -2.16. The fourth-order valence-corrected chi connectivity index (χ4v) is 2.30. The Balaban J connectivity index is 1.88. The molecule has 0 saturated carbocycles. The van der Waals surface area contributed by atoms with E-state index in [0.29, 0.717) is 17.4 Å². The Morgan fingerprint density at radius 1 is 1.41 bits per heavy atom. The minimum Gasteiger partial charge on any atom is -0.310 e. The number of nitrogens with zero attached hydrogens (tertiary/aromatic N) is 4. The topological polar surface area (TPSA) is 63.1 Å². The summed E-state index contributed by atoms with van der Waals surface area (Å²) in [6, 6.07) is 3.37. The lowest BCUT2D eigenvalue weighted by molar-refractivity contribution is -0.117. The Bertz CT molecular complexity index is 638. The summed E-state index contributed by atoms with van der Waals surface area (Å²) < 4.78 is 1.95. The van der Waals surface area contributed by atoms with Gasteiger partial charge in [-0.3, -0.25) is 14.4 Å². The number of amides is 1. The summed E-state index contributed by atoms with van der Waals surface area (Å²) in [6.07, 6.45) is 3.36. The third kappa shape index (κ3) is 4.29. The number of anilines is 1. The zero-order valence-electron chi connectivity index (χ0n) is 13.0. The van der Waals surface area contributed by atoms with Crippen molar-refractivity contribution in [3.8, 4) is 0 Å². The van der Waals surface area contributed by atoms with Crippen LogP contribution in [0, 0.1) is 6.92 Å². The molecule has 0 aliphatic rings. The first-order chi connectivity index (χ1) is 10.5. The molecule has 0 aliphatic carbocycles. The number of halogens is 1. The van der Waals surface area contributed by atoms with Crippen LogP contribution in [0.15, 0.2) is 24.5 Å². The first-order valence-corrected chi connectivity index (χ1v) is 7.48. The molecule has 0 bridgehead atoms. The van der Waals surface area contributed by atoms with Gasteiger partial charge in [0.25, 0.3) is 0 Å². The van der Waals surface area contributed by atoms with E-state index in [1.807, 2.05) is 29.7 Å². The van der Waals surface area contributed by atoms with Gasteiger partial charge in [-0.15, -0.1) is 0 Å². The first kappa shape index (κ1) is 16.5. The molecule has 1 N–H and O–H groups in total. The van der Waals surface area contributed by atoms with Crippen molar-refractivity contribution in [3.05, 3.63) is 40.8 Å². The van der Waals surface area contributed by atoms with E-state index in [4.69, 9.17) is 11.6 Å². The van der Waals surface area contributed by atoms with E-state index in [1.54, 1.807) is 12.1 Å². The third-order valence-electron chi connectivity index (χ3n) is 3.35. The molecular weight excluding hydrogens is 302 g/mol.